The highest BCUT2D eigenvalue weighted by atomic mass is 19.2. The van der Waals surface area contributed by atoms with Gasteiger partial charge in [-0.05, 0) is 24.3 Å². The molecule has 41 heavy (non-hydrogen) atoms. The van der Waals surface area contributed by atoms with Gasteiger partial charge in [0.1, 0.15) is 11.4 Å². The third-order valence-electron chi connectivity index (χ3n) is 6.83. The van der Waals surface area contributed by atoms with E-state index in [-0.39, 0.29) is 17.3 Å². The average molecular weight is 548 g/mol. The fourth-order valence-corrected chi connectivity index (χ4v) is 4.99. The second kappa shape index (κ2) is 9.63. The first-order valence-corrected chi connectivity index (χ1v) is 12.6. The van der Waals surface area contributed by atoms with Crippen molar-refractivity contribution < 1.29 is 17.6 Å². The van der Waals surface area contributed by atoms with Crippen LogP contribution in [0.3, 0.4) is 0 Å². The van der Waals surface area contributed by atoms with E-state index >= 15 is 17.6 Å². The smallest absolute Gasteiger partial charge is 0.186 e. The largest absolute Gasteiger partial charge is 0.304 e. The molecule has 3 heterocycles. The predicted molar refractivity (Wildman–Crippen MR) is 148 cm³/mol. The molecule has 7 aromatic rings. The Bertz CT molecular complexity index is 1950. The molecule has 4 aromatic carbocycles. The van der Waals surface area contributed by atoms with E-state index in [1.165, 1.54) is 10.8 Å². The summed E-state index contributed by atoms with van der Waals surface area (Å²) in [6, 6.07) is 27.4. The van der Waals surface area contributed by atoms with Gasteiger partial charge in [0.2, 0.25) is 0 Å². The van der Waals surface area contributed by atoms with Crippen LogP contribution in [0.2, 0.25) is 0 Å². The molecular weight excluding hydrogens is 530 g/mol. The summed E-state index contributed by atoms with van der Waals surface area (Å²) in [6.07, 6.45) is 1.50. The summed E-state index contributed by atoms with van der Waals surface area (Å²) in [4.78, 5) is 17.0. The third kappa shape index (κ3) is 3.93. The van der Waals surface area contributed by atoms with Crippen LogP contribution < -0.4 is 0 Å². The standard InChI is InChI=1S/C32H17F4N5/c33-25-24(32-39-30(18-10-2-1-3-11-18)38-31(40-32)21-14-8-9-17-37-21)26(34)28(36)29(27(25)35)41-22-15-6-4-12-19(22)20-13-5-7-16-23(20)41/h1-17H. The summed E-state index contributed by atoms with van der Waals surface area (Å²) in [6.45, 7) is 0. The molecule has 0 unspecified atom stereocenters. The Morgan fingerprint density at radius 2 is 1.02 bits per heavy atom. The Labute approximate surface area is 230 Å². The maximum Gasteiger partial charge on any atom is 0.186 e. The number of para-hydroxylation sites is 2. The highest BCUT2D eigenvalue weighted by molar-refractivity contribution is 6.09. The van der Waals surface area contributed by atoms with Crippen molar-refractivity contribution in [3.8, 4) is 40.0 Å². The van der Waals surface area contributed by atoms with Gasteiger partial charge in [-0.25, -0.2) is 32.5 Å². The minimum absolute atomic E-state index is 0.0134. The first-order valence-electron chi connectivity index (χ1n) is 12.6. The van der Waals surface area contributed by atoms with Crippen molar-refractivity contribution in [1.82, 2.24) is 24.5 Å². The van der Waals surface area contributed by atoms with Crippen LogP contribution in [0.1, 0.15) is 0 Å². The molecule has 0 bridgehead atoms. The van der Waals surface area contributed by atoms with Gasteiger partial charge in [-0.1, -0.05) is 72.8 Å². The lowest BCUT2D eigenvalue weighted by Gasteiger charge is -2.15. The van der Waals surface area contributed by atoms with Crippen molar-refractivity contribution in [2.45, 2.75) is 0 Å². The van der Waals surface area contributed by atoms with Crippen molar-refractivity contribution in [3.05, 3.63) is 127 Å². The topological polar surface area (TPSA) is 56.5 Å². The van der Waals surface area contributed by atoms with Gasteiger partial charge >= 0.3 is 0 Å². The van der Waals surface area contributed by atoms with Gasteiger partial charge in [-0.2, -0.15) is 0 Å². The monoisotopic (exact) mass is 547 g/mol. The Hall–Kier alpha value is -5.44. The number of aromatic nitrogens is 5. The zero-order valence-electron chi connectivity index (χ0n) is 21.1. The van der Waals surface area contributed by atoms with Crippen LogP contribution in [0.4, 0.5) is 17.6 Å². The number of pyridine rings is 1. The molecule has 0 saturated heterocycles. The molecule has 0 spiro atoms. The Kier molecular flexibility index (Phi) is 5.78. The van der Waals surface area contributed by atoms with E-state index in [9.17, 15) is 0 Å². The first-order chi connectivity index (χ1) is 20.0. The van der Waals surface area contributed by atoms with E-state index < -0.39 is 40.3 Å². The molecule has 0 saturated carbocycles. The Morgan fingerprint density at radius 1 is 0.488 bits per heavy atom. The highest BCUT2D eigenvalue weighted by Gasteiger charge is 2.31. The molecular formula is C32H17F4N5. The van der Waals surface area contributed by atoms with Gasteiger partial charge in [0.15, 0.2) is 40.7 Å². The van der Waals surface area contributed by atoms with Gasteiger partial charge < -0.3 is 4.57 Å². The number of rotatable bonds is 4. The number of fused-ring (bicyclic) bond motifs is 3. The van der Waals surface area contributed by atoms with Crippen LogP contribution >= 0.6 is 0 Å². The predicted octanol–water partition coefficient (Wildman–Crippen LogP) is 7.92. The minimum atomic E-state index is -1.63. The lowest BCUT2D eigenvalue weighted by molar-refractivity contribution is 0.453. The molecule has 0 N–H and O–H groups in total. The van der Waals surface area contributed by atoms with Crippen LogP contribution in [-0.4, -0.2) is 24.5 Å². The van der Waals surface area contributed by atoms with Crippen molar-refractivity contribution in [2.75, 3.05) is 0 Å². The summed E-state index contributed by atoms with van der Waals surface area (Å²) in [7, 11) is 0. The number of hydrogen-bond donors (Lipinski definition) is 0. The molecule has 0 aliphatic carbocycles. The molecule has 3 aromatic heterocycles. The van der Waals surface area contributed by atoms with Crippen molar-refractivity contribution in [1.29, 1.82) is 0 Å². The van der Waals surface area contributed by atoms with E-state index in [2.05, 4.69) is 19.9 Å². The molecule has 0 radical (unpaired) electrons. The summed E-state index contributed by atoms with van der Waals surface area (Å²) < 4.78 is 65.0. The molecule has 7 rings (SSSR count). The summed E-state index contributed by atoms with van der Waals surface area (Å²) >= 11 is 0. The number of halogens is 4. The first kappa shape index (κ1) is 24.6. The SMILES string of the molecule is Fc1c(F)c(-n2c3ccccc3c3ccccc32)c(F)c(F)c1-c1nc(-c2ccccc2)nc(-c2ccccn2)n1. The lowest BCUT2D eigenvalue weighted by Crippen LogP contribution is -2.11. The van der Waals surface area contributed by atoms with Crippen molar-refractivity contribution in [3.63, 3.8) is 0 Å². The Balaban J connectivity index is 1.51. The molecule has 9 heteroatoms. The molecule has 0 fully saturated rings. The molecule has 198 valence electrons. The van der Waals surface area contributed by atoms with Gasteiger partial charge in [0, 0.05) is 22.5 Å². The minimum Gasteiger partial charge on any atom is -0.304 e. The molecule has 0 aliphatic heterocycles. The average Bonchev–Trinajstić information content (AvgIpc) is 3.35. The van der Waals surface area contributed by atoms with E-state index in [4.69, 9.17) is 0 Å². The molecule has 0 amide bonds. The van der Waals surface area contributed by atoms with Gasteiger partial charge in [0.25, 0.3) is 0 Å². The Morgan fingerprint density at radius 3 is 1.63 bits per heavy atom. The zero-order chi connectivity index (χ0) is 28.1. The van der Waals surface area contributed by atoms with Crippen molar-refractivity contribution >= 4 is 21.8 Å². The lowest BCUT2D eigenvalue weighted by atomic mass is 10.1. The molecule has 0 atom stereocenters. The fourth-order valence-electron chi connectivity index (χ4n) is 4.99. The maximum absolute atomic E-state index is 16.0. The quantitative estimate of drug-likeness (QED) is 0.166. The van der Waals surface area contributed by atoms with E-state index in [1.54, 1.807) is 97.1 Å². The number of hydrogen-bond acceptors (Lipinski definition) is 4. The number of nitrogens with zero attached hydrogens (tertiary/aromatic N) is 5. The van der Waals surface area contributed by atoms with Crippen LogP contribution in [-0.2, 0) is 0 Å². The highest BCUT2D eigenvalue weighted by Crippen LogP contribution is 2.38. The van der Waals surface area contributed by atoms with E-state index in [0.29, 0.717) is 27.4 Å². The zero-order valence-corrected chi connectivity index (χ0v) is 21.1. The van der Waals surface area contributed by atoms with Crippen LogP contribution in [0.25, 0.3) is 61.8 Å². The summed E-state index contributed by atoms with van der Waals surface area (Å²) in [5.41, 5.74) is -0.331. The normalized spacial score (nSPS) is 11.4. The third-order valence-corrected chi connectivity index (χ3v) is 6.83. The van der Waals surface area contributed by atoms with Crippen LogP contribution in [0.15, 0.2) is 103 Å². The van der Waals surface area contributed by atoms with Gasteiger partial charge in [-0.15, -0.1) is 0 Å². The van der Waals surface area contributed by atoms with Crippen LogP contribution in [0.5, 0.6) is 0 Å². The van der Waals surface area contributed by atoms with Gasteiger partial charge in [0.05, 0.1) is 16.6 Å². The maximum atomic E-state index is 16.0. The van der Waals surface area contributed by atoms with Crippen molar-refractivity contribution in [2.24, 2.45) is 0 Å². The second-order valence-corrected chi connectivity index (χ2v) is 9.24. The van der Waals surface area contributed by atoms with Gasteiger partial charge in [-0.3, -0.25) is 4.98 Å². The molecule has 0 aliphatic rings. The van der Waals surface area contributed by atoms with E-state index in [0.717, 1.165) is 0 Å². The van der Waals surface area contributed by atoms with E-state index in [1.807, 2.05) is 0 Å². The summed E-state index contributed by atoms with van der Waals surface area (Å²) in [5.74, 6) is -6.93. The second-order valence-electron chi connectivity index (χ2n) is 9.24. The number of benzene rings is 4. The van der Waals surface area contributed by atoms with Crippen LogP contribution in [0, 0.1) is 23.3 Å². The molecule has 5 nitrogen and oxygen atoms in total. The fraction of sp³-hybridized carbons (Fsp3) is 0. The summed E-state index contributed by atoms with van der Waals surface area (Å²) in [5, 5.41) is 1.36.